The summed E-state index contributed by atoms with van der Waals surface area (Å²) >= 11 is 0. The van der Waals surface area contributed by atoms with Crippen molar-refractivity contribution in [3.05, 3.63) is 52.4 Å². The Balaban J connectivity index is 2.41. The molecule has 6 nitrogen and oxygen atoms in total. The number of alkyl halides is 2. The van der Waals surface area contributed by atoms with Crippen molar-refractivity contribution in [3.63, 3.8) is 0 Å². The maximum absolute atomic E-state index is 12.1. The minimum Gasteiger partial charge on any atom is -0.478 e. The number of nitrogens with zero attached hydrogens (tertiary/aromatic N) is 2. The zero-order valence-electron chi connectivity index (χ0n) is 9.86. The van der Waals surface area contributed by atoms with E-state index in [1.54, 1.807) is 0 Å². The molecular weight excluding hydrogens is 274 g/mol. The minimum absolute atomic E-state index is 0.131. The van der Waals surface area contributed by atoms with E-state index in [1.165, 1.54) is 24.3 Å². The molecule has 0 fully saturated rings. The van der Waals surface area contributed by atoms with Gasteiger partial charge in [0.25, 0.3) is 5.56 Å². The average Bonchev–Trinajstić information content (AvgIpc) is 2.38. The third kappa shape index (κ3) is 2.97. The monoisotopic (exact) mass is 282 g/mol. The first-order chi connectivity index (χ1) is 9.47. The summed E-state index contributed by atoms with van der Waals surface area (Å²) in [4.78, 5) is 22.4. The van der Waals surface area contributed by atoms with Crippen molar-refractivity contribution < 1.29 is 23.4 Å². The van der Waals surface area contributed by atoms with Gasteiger partial charge in [0.2, 0.25) is 0 Å². The van der Waals surface area contributed by atoms with Crippen LogP contribution in [-0.2, 0) is 0 Å². The number of aromatic nitrogens is 2. The second-order valence-corrected chi connectivity index (χ2v) is 3.68. The predicted octanol–water partition coefficient (Wildman–Crippen LogP) is 1.53. The standard InChI is InChI=1S/C12H8F2N2O4/c13-12(14)20-9-3-1-2-8(5-9)16-10(17)4-7(6-15-16)11(18)19/h1-6,12H,(H,18,19). The number of benzene rings is 1. The summed E-state index contributed by atoms with van der Waals surface area (Å²) in [7, 11) is 0. The SMILES string of the molecule is O=C(O)c1cnn(-c2cccc(OC(F)F)c2)c(=O)c1. The van der Waals surface area contributed by atoms with E-state index >= 15 is 0 Å². The zero-order valence-corrected chi connectivity index (χ0v) is 9.86. The molecule has 0 spiro atoms. The van der Waals surface area contributed by atoms with Gasteiger partial charge in [-0.2, -0.15) is 18.6 Å². The highest BCUT2D eigenvalue weighted by molar-refractivity contribution is 5.86. The quantitative estimate of drug-likeness (QED) is 0.919. The summed E-state index contributed by atoms with van der Waals surface area (Å²) in [5.74, 6) is -1.41. The maximum Gasteiger partial charge on any atom is 0.387 e. The van der Waals surface area contributed by atoms with Gasteiger partial charge in [0.05, 0.1) is 17.4 Å². The fourth-order valence-corrected chi connectivity index (χ4v) is 1.51. The van der Waals surface area contributed by atoms with Gasteiger partial charge in [-0.15, -0.1) is 0 Å². The highest BCUT2D eigenvalue weighted by atomic mass is 19.3. The van der Waals surface area contributed by atoms with Crippen LogP contribution in [0.2, 0.25) is 0 Å². The van der Waals surface area contributed by atoms with Gasteiger partial charge in [0.1, 0.15) is 5.75 Å². The van der Waals surface area contributed by atoms with E-state index < -0.39 is 18.1 Å². The van der Waals surface area contributed by atoms with Crippen LogP contribution >= 0.6 is 0 Å². The van der Waals surface area contributed by atoms with Crippen LogP contribution in [0.4, 0.5) is 8.78 Å². The molecule has 2 rings (SSSR count). The van der Waals surface area contributed by atoms with Gasteiger partial charge < -0.3 is 9.84 Å². The van der Waals surface area contributed by atoms with Crippen LogP contribution in [0.1, 0.15) is 10.4 Å². The Labute approximate surface area is 110 Å². The molecule has 20 heavy (non-hydrogen) atoms. The minimum atomic E-state index is -2.98. The molecule has 0 aliphatic carbocycles. The fourth-order valence-electron chi connectivity index (χ4n) is 1.51. The van der Waals surface area contributed by atoms with E-state index in [4.69, 9.17) is 5.11 Å². The summed E-state index contributed by atoms with van der Waals surface area (Å²) in [5, 5.41) is 12.4. The van der Waals surface area contributed by atoms with Crippen LogP contribution in [0.15, 0.2) is 41.3 Å². The Hall–Kier alpha value is -2.77. The number of aromatic carboxylic acids is 1. The van der Waals surface area contributed by atoms with E-state index in [9.17, 15) is 18.4 Å². The van der Waals surface area contributed by atoms with Gasteiger partial charge in [0, 0.05) is 12.1 Å². The molecule has 1 heterocycles. The van der Waals surface area contributed by atoms with Gasteiger partial charge in [-0.05, 0) is 12.1 Å². The lowest BCUT2D eigenvalue weighted by atomic mass is 10.3. The third-order valence-electron chi connectivity index (χ3n) is 2.33. The van der Waals surface area contributed by atoms with Crippen LogP contribution < -0.4 is 10.3 Å². The summed E-state index contributed by atoms with van der Waals surface area (Å²) < 4.78 is 29.3. The van der Waals surface area contributed by atoms with Gasteiger partial charge >= 0.3 is 12.6 Å². The van der Waals surface area contributed by atoms with Gasteiger partial charge in [-0.1, -0.05) is 6.07 Å². The number of carboxylic acids is 1. The smallest absolute Gasteiger partial charge is 0.387 e. The molecule has 0 saturated carbocycles. The van der Waals surface area contributed by atoms with Crippen molar-refractivity contribution in [1.29, 1.82) is 0 Å². The van der Waals surface area contributed by atoms with E-state index in [1.807, 2.05) is 0 Å². The first kappa shape index (κ1) is 13.7. The number of halogens is 2. The number of hydrogen-bond acceptors (Lipinski definition) is 4. The lowest BCUT2D eigenvalue weighted by Gasteiger charge is -2.08. The topological polar surface area (TPSA) is 81.4 Å². The number of carbonyl (C=O) groups is 1. The molecule has 1 aromatic carbocycles. The van der Waals surface area contributed by atoms with Crippen LogP contribution in [0.5, 0.6) is 5.75 Å². The summed E-state index contributed by atoms with van der Waals surface area (Å²) in [6, 6.07) is 6.24. The molecule has 0 aliphatic rings. The Bertz CT molecular complexity index is 700. The zero-order chi connectivity index (χ0) is 14.7. The van der Waals surface area contributed by atoms with Gasteiger partial charge in [0.15, 0.2) is 0 Å². The van der Waals surface area contributed by atoms with E-state index in [0.717, 1.165) is 16.9 Å². The number of hydrogen-bond donors (Lipinski definition) is 1. The number of rotatable bonds is 4. The van der Waals surface area contributed by atoms with Crippen molar-refractivity contribution in [2.24, 2.45) is 0 Å². The highest BCUT2D eigenvalue weighted by Crippen LogP contribution is 2.17. The first-order valence-corrected chi connectivity index (χ1v) is 5.35. The number of carboxylic acid groups (broad SMARTS) is 1. The molecule has 0 saturated heterocycles. The molecule has 0 aliphatic heterocycles. The molecule has 0 atom stereocenters. The largest absolute Gasteiger partial charge is 0.478 e. The highest BCUT2D eigenvalue weighted by Gasteiger charge is 2.09. The Morgan fingerprint density at radius 2 is 2.10 bits per heavy atom. The van der Waals surface area contributed by atoms with Gasteiger partial charge in [-0.25, -0.2) is 4.79 Å². The molecule has 1 aromatic heterocycles. The third-order valence-corrected chi connectivity index (χ3v) is 2.33. The Kier molecular flexibility index (Phi) is 3.74. The van der Waals surface area contributed by atoms with Crippen LogP contribution in [0.3, 0.4) is 0 Å². The molecule has 0 amide bonds. The molecule has 104 valence electrons. The van der Waals surface area contributed by atoms with Crippen LogP contribution in [-0.4, -0.2) is 27.5 Å². The lowest BCUT2D eigenvalue weighted by Crippen LogP contribution is -2.22. The summed E-state index contributed by atoms with van der Waals surface area (Å²) in [5.41, 5.74) is -0.768. The average molecular weight is 282 g/mol. The number of ether oxygens (including phenoxy) is 1. The Morgan fingerprint density at radius 3 is 2.70 bits per heavy atom. The summed E-state index contributed by atoms with van der Waals surface area (Å²) in [6.07, 6.45) is 0.990. The molecule has 2 aromatic rings. The molecule has 0 bridgehead atoms. The normalized spacial score (nSPS) is 10.6. The van der Waals surface area contributed by atoms with Crippen molar-refractivity contribution >= 4 is 5.97 Å². The van der Waals surface area contributed by atoms with E-state index in [2.05, 4.69) is 9.84 Å². The predicted molar refractivity (Wildman–Crippen MR) is 63.4 cm³/mol. The van der Waals surface area contributed by atoms with E-state index in [0.29, 0.717) is 0 Å². The second kappa shape index (κ2) is 5.47. The van der Waals surface area contributed by atoms with Crippen molar-refractivity contribution in [1.82, 2.24) is 9.78 Å². The molecular formula is C12H8F2N2O4. The molecule has 1 N–H and O–H groups in total. The van der Waals surface area contributed by atoms with Gasteiger partial charge in [-0.3, -0.25) is 4.79 Å². The fraction of sp³-hybridized carbons (Fsp3) is 0.0833. The molecule has 0 unspecified atom stereocenters. The lowest BCUT2D eigenvalue weighted by molar-refractivity contribution is -0.0498. The van der Waals surface area contributed by atoms with Crippen molar-refractivity contribution in [2.75, 3.05) is 0 Å². The molecule has 8 heteroatoms. The van der Waals surface area contributed by atoms with Crippen molar-refractivity contribution in [3.8, 4) is 11.4 Å². The van der Waals surface area contributed by atoms with Crippen LogP contribution in [0, 0.1) is 0 Å². The maximum atomic E-state index is 12.1. The van der Waals surface area contributed by atoms with Crippen LogP contribution in [0.25, 0.3) is 5.69 Å². The van der Waals surface area contributed by atoms with Crippen molar-refractivity contribution in [2.45, 2.75) is 6.61 Å². The second-order valence-electron chi connectivity index (χ2n) is 3.68. The first-order valence-electron chi connectivity index (χ1n) is 5.35. The Morgan fingerprint density at radius 1 is 1.35 bits per heavy atom. The van der Waals surface area contributed by atoms with E-state index in [-0.39, 0.29) is 17.0 Å². The molecule has 0 radical (unpaired) electrons. The summed E-state index contributed by atoms with van der Waals surface area (Å²) in [6.45, 7) is -2.98.